The molecule has 0 atom stereocenters. The highest BCUT2D eigenvalue weighted by atomic mass is 16.6. The van der Waals surface area contributed by atoms with E-state index in [0.717, 1.165) is 37.0 Å². The first kappa shape index (κ1) is 11.2. The Labute approximate surface area is 110 Å². The highest BCUT2D eigenvalue weighted by molar-refractivity contribution is 5.25. The van der Waals surface area contributed by atoms with Gasteiger partial charge in [0.15, 0.2) is 0 Å². The Bertz CT molecular complexity index is 517. The molecule has 4 bridgehead atoms. The Hall–Kier alpha value is -1.66. The van der Waals surface area contributed by atoms with E-state index in [9.17, 15) is 10.1 Å². The molecule has 0 spiro atoms. The Morgan fingerprint density at radius 3 is 2.16 bits per heavy atom. The van der Waals surface area contributed by atoms with Crippen molar-refractivity contribution in [3.8, 4) is 0 Å². The van der Waals surface area contributed by atoms with Crippen LogP contribution in [0.4, 0.5) is 11.9 Å². The van der Waals surface area contributed by atoms with Crippen LogP contribution in [0.2, 0.25) is 0 Å². The van der Waals surface area contributed by atoms with Crippen LogP contribution >= 0.6 is 0 Å². The van der Waals surface area contributed by atoms with Crippen molar-refractivity contribution in [2.24, 2.45) is 17.8 Å². The second-order valence-corrected chi connectivity index (χ2v) is 6.58. The lowest BCUT2D eigenvalue weighted by Gasteiger charge is -2.55. The molecule has 102 valence electrons. The van der Waals surface area contributed by atoms with Crippen LogP contribution in [0.3, 0.4) is 0 Å². The minimum Gasteiger partial charge on any atom is -0.390 e. The first-order chi connectivity index (χ1) is 9.06. The molecular weight excluding hydrogens is 246 g/mol. The molecule has 4 fully saturated rings. The molecular formula is C12H17N5O2. The summed E-state index contributed by atoms with van der Waals surface area (Å²) in [6.07, 6.45) is 7.12. The van der Waals surface area contributed by atoms with Gasteiger partial charge in [-0.1, -0.05) is 0 Å². The number of hydrogen-bond acceptors (Lipinski definition) is 5. The van der Waals surface area contributed by atoms with Crippen LogP contribution in [0, 0.1) is 27.9 Å². The number of aromatic nitrogens is 3. The molecule has 0 radical (unpaired) electrons. The third kappa shape index (κ3) is 1.50. The van der Waals surface area contributed by atoms with Crippen LogP contribution in [0.25, 0.3) is 0 Å². The Balaban J connectivity index is 1.77. The fourth-order valence-corrected chi connectivity index (χ4v) is 5.06. The van der Waals surface area contributed by atoms with Crippen LogP contribution in [0.1, 0.15) is 38.5 Å². The van der Waals surface area contributed by atoms with Gasteiger partial charge in [-0.15, -0.1) is 4.68 Å². The van der Waals surface area contributed by atoms with E-state index in [-0.39, 0.29) is 17.4 Å². The van der Waals surface area contributed by atoms with Crippen LogP contribution < -0.4 is 5.73 Å². The lowest BCUT2D eigenvalue weighted by atomic mass is 9.53. The van der Waals surface area contributed by atoms with E-state index in [2.05, 4.69) is 10.1 Å². The molecule has 4 aliphatic carbocycles. The predicted molar refractivity (Wildman–Crippen MR) is 67.2 cm³/mol. The molecule has 1 heterocycles. The average molecular weight is 263 g/mol. The predicted octanol–water partition coefficient (Wildman–Crippen LogP) is 1.69. The highest BCUT2D eigenvalue weighted by Gasteiger charge is 2.54. The third-order valence-corrected chi connectivity index (χ3v) is 5.24. The van der Waals surface area contributed by atoms with Gasteiger partial charge in [0.1, 0.15) is 0 Å². The van der Waals surface area contributed by atoms with Gasteiger partial charge in [-0.2, -0.15) is 0 Å². The number of hydrogen-bond donors (Lipinski definition) is 1. The van der Waals surface area contributed by atoms with Gasteiger partial charge in [-0.3, -0.25) is 0 Å². The molecule has 0 aliphatic heterocycles. The van der Waals surface area contributed by atoms with Gasteiger partial charge in [0.25, 0.3) is 0 Å². The van der Waals surface area contributed by atoms with Crippen molar-refractivity contribution in [2.75, 3.05) is 5.73 Å². The van der Waals surface area contributed by atoms with Gasteiger partial charge in [-0.25, -0.2) is 0 Å². The van der Waals surface area contributed by atoms with E-state index in [1.54, 1.807) is 4.68 Å². The smallest absolute Gasteiger partial charge is 0.390 e. The summed E-state index contributed by atoms with van der Waals surface area (Å²) >= 11 is 0. The van der Waals surface area contributed by atoms with Crippen molar-refractivity contribution in [2.45, 2.75) is 44.1 Å². The molecule has 2 N–H and O–H groups in total. The highest BCUT2D eigenvalue weighted by Crippen LogP contribution is 2.59. The lowest BCUT2D eigenvalue weighted by Crippen LogP contribution is -2.52. The van der Waals surface area contributed by atoms with Crippen molar-refractivity contribution < 1.29 is 4.92 Å². The van der Waals surface area contributed by atoms with Gasteiger partial charge < -0.3 is 15.8 Å². The topological polar surface area (TPSA) is 99.9 Å². The third-order valence-electron chi connectivity index (χ3n) is 5.24. The van der Waals surface area contributed by atoms with Crippen molar-refractivity contribution >= 4 is 11.9 Å². The van der Waals surface area contributed by atoms with E-state index >= 15 is 0 Å². The zero-order valence-corrected chi connectivity index (χ0v) is 10.7. The standard InChI is InChI=1S/C12H17N5O2/c13-10-14-11(17(18)19)15-16(10)12-4-7-1-8(5-12)3-9(2-7)6-12/h7-9H,1-6H2,(H2,13,14,15). The Morgan fingerprint density at radius 1 is 1.21 bits per heavy atom. The average Bonchev–Trinajstić information content (AvgIpc) is 2.70. The summed E-state index contributed by atoms with van der Waals surface area (Å²) in [6.45, 7) is 0. The molecule has 7 heteroatoms. The molecule has 1 aromatic heterocycles. The summed E-state index contributed by atoms with van der Waals surface area (Å²) in [5.74, 6) is 2.07. The summed E-state index contributed by atoms with van der Waals surface area (Å²) in [7, 11) is 0. The van der Waals surface area contributed by atoms with Crippen molar-refractivity contribution in [1.82, 2.24) is 14.8 Å². The van der Waals surface area contributed by atoms with E-state index in [1.807, 2.05) is 0 Å². The molecule has 4 saturated carbocycles. The molecule has 5 rings (SSSR count). The quantitative estimate of drug-likeness (QED) is 0.646. The first-order valence-electron chi connectivity index (χ1n) is 6.93. The maximum Gasteiger partial charge on any atom is 0.493 e. The zero-order valence-electron chi connectivity index (χ0n) is 10.7. The molecule has 4 aliphatic rings. The van der Waals surface area contributed by atoms with Crippen LogP contribution in [-0.4, -0.2) is 19.7 Å². The minimum atomic E-state index is -0.562. The van der Waals surface area contributed by atoms with Gasteiger partial charge in [0.05, 0.1) is 5.54 Å². The second-order valence-electron chi connectivity index (χ2n) is 6.58. The minimum absolute atomic E-state index is 0.0971. The number of nitro groups is 1. The van der Waals surface area contributed by atoms with E-state index in [0.29, 0.717) is 0 Å². The van der Waals surface area contributed by atoms with Gasteiger partial charge in [0.2, 0.25) is 0 Å². The maximum atomic E-state index is 10.8. The summed E-state index contributed by atoms with van der Waals surface area (Å²) in [6, 6.07) is 0. The molecule has 1 aromatic rings. The molecule has 0 unspecified atom stereocenters. The van der Waals surface area contributed by atoms with Gasteiger partial charge in [-0.05, 0) is 66.2 Å². The molecule has 19 heavy (non-hydrogen) atoms. The Kier molecular flexibility index (Phi) is 2.04. The first-order valence-corrected chi connectivity index (χ1v) is 6.93. The molecule has 0 aromatic carbocycles. The van der Waals surface area contributed by atoms with E-state index < -0.39 is 4.92 Å². The summed E-state index contributed by atoms with van der Waals surface area (Å²) in [5, 5.41) is 14.9. The van der Waals surface area contributed by atoms with Crippen LogP contribution in [0.5, 0.6) is 0 Å². The second kappa shape index (κ2) is 3.46. The van der Waals surface area contributed by atoms with E-state index in [4.69, 9.17) is 5.73 Å². The summed E-state index contributed by atoms with van der Waals surface area (Å²) in [4.78, 5) is 14.0. The summed E-state index contributed by atoms with van der Waals surface area (Å²) < 4.78 is 1.68. The largest absolute Gasteiger partial charge is 0.493 e. The number of anilines is 1. The fraction of sp³-hybridized carbons (Fsp3) is 0.833. The number of nitrogens with zero attached hydrogens (tertiary/aromatic N) is 4. The summed E-state index contributed by atoms with van der Waals surface area (Å²) in [5.41, 5.74) is 5.79. The van der Waals surface area contributed by atoms with E-state index in [1.165, 1.54) is 19.3 Å². The normalized spacial score (nSPS) is 39.7. The molecule has 0 amide bonds. The number of nitrogen functional groups attached to an aromatic ring is 1. The van der Waals surface area contributed by atoms with Crippen molar-refractivity contribution in [3.63, 3.8) is 0 Å². The molecule has 7 nitrogen and oxygen atoms in total. The lowest BCUT2D eigenvalue weighted by molar-refractivity contribution is -0.394. The zero-order chi connectivity index (χ0) is 13.2. The van der Waals surface area contributed by atoms with Gasteiger partial charge >= 0.3 is 11.9 Å². The van der Waals surface area contributed by atoms with Crippen LogP contribution in [-0.2, 0) is 5.54 Å². The maximum absolute atomic E-state index is 10.8. The Morgan fingerprint density at radius 2 is 1.74 bits per heavy atom. The van der Waals surface area contributed by atoms with Crippen molar-refractivity contribution in [3.05, 3.63) is 10.1 Å². The number of nitrogens with two attached hydrogens (primary N) is 1. The van der Waals surface area contributed by atoms with Gasteiger partial charge in [0, 0.05) is 5.10 Å². The van der Waals surface area contributed by atoms with Crippen molar-refractivity contribution in [1.29, 1.82) is 0 Å². The fourth-order valence-electron chi connectivity index (χ4n) is 5.06. The SMILES string of the molecule is Nc1nc([N+](=O)[O-])nn1C12CC3CC(CC(C3)C1)C2. The molecule has 0 saturated heterocycles. The number of rotatable bonds is 2. The van der Waals surface area contributed by atoms with Crippen LogP contribution in [0.15, 0.2) is 0 Å². The monoisotopic (exact) mass is 263 g/mol.